The zero-order chi connectivity index (χ0) is 13.3. The number of nitrogen functional groups attached to an aromatic ring is 1. The second kappa shape index (κ2) is 4.85. The van der Waals surface area contributed by atoms with Crippen molar-refractivity contribution in [3.8, 4) is 0 Å². The second-order valence-corrected chi connectivity index (χ2v) is 6.72. The molecule has 1 aliphatic heterocycles. The summed E-state index contributed by atoms with van der Waals surface area (Å²) in [6.45, 7) is 4.59. The number of nitrogens with zero attached hydrogens (tertiary/aromatic N) is 2. The van der Waals surface area contributed by atoms with Crippen molar-refractivity contribution in [2.24, 2.45) is 5.92 Å². The van der Waals surface area contributed by atoms with Crippen LogP contribution in [0.1, 0.15) is 26.7 Å². The average Bonchev–Trinajstić information content (AvgIpc) is 2.32. The van der Waals surface area contributed by atoms with Gasteiger partial charge < -0.3 is 5.73 Å². The minimum Gasteiger partial charge on any atom is -0.383 e. The van der Waals surface area contributed by atoms with Crippen LogP contribution in [0.3, 0.4) is 0 Å². The van der Waals surface area contributed by atoms with Gasteiger partial charge in [0.15, 0.2) is 0 Å². The Morgan fingerprint density at radius 1 is 1.44 bits per heavy atom. The summed E-state index contributed by atoms with van der Waals surface area (Å²) >= 11 is 0. The maximum absolute atomic E-state index is 12.6. The van der Waals surface area contributed by atoms with Crippen LogP contribution >= 0.6 is 0 Å². The third-order valence-electron chi connectivity index (χ3n) is 3.70. The fourth-order valence-electron chi connectivity index (χ4n) is 2.38. The first-order valence-corrected chi connectivity index (χ1v) is 7.61. The molecular weight excluding hydrogens is 250 g/mol. The Morgan fingerprint density at radius 2 is 2.17 bits per heavy atom. The molecule has 2 heterocycles. The van der Waals surface area contributed by atoms with E-state index in [4.69, 9.17) is 5.73 Å². The molecule has 2 atom stereocenters. The van der Waals surface area contributed by atoms with Crippen LogP contribution in [0, 0.1) is 5.92 Å². The van der Waals surface area contributed by atoms with E-state index in [1.807, 2.05) is 6.92 Å². The first-order chi connectivity index (χ1) is 8.44. The van der Waals surface area contributed by atoms with E-state index in [-0.39, 0.29) is 16.8 Å². The van der Waals surface area contributed by atoms with E-state index in [9.17, 15) is 8.42 Å². The van der Waals surface area contributed by atoms with Gasteiger partial charge in [0.05, 0.1) is 0 Å². The lowest BCUT2D eigenvalue weighted by Crippen LogP contribution is -2.46. The Bertz CT molecular complexity index is 530. The van der Waals surface area contributed by atoms with E-state index in [1.54, 1.807) is 10.4 Å². The second-order valence-electron chi connectivity index (χ2n) is 4.86. The fraction of sp³-hybridized carbons (Fsp3) is 0.583. The third kappa shape index (κ3) is 2.22. The summed E-state index contributed by atoms with van der Waals surface area (Å²) in [6, 6.07) is 3.12. The number of anilines is 1. The minimum atomic E-state index is -3.53. The molecule has 1 aliphatic rings. The van der Waals surface area contributed by atoms with Crippen LogP contribution in [0.15, 0.2) is 23.2 Å². The lowest BCUT2D eigenvalue weighted by molar-refractivity contribution is 0.202. The molecule has 0 radical (unpaired) electrons. The highest BCUT2D eigenvalue weighted by Gasteiger charge is 2.35. The number of rotatable bonds is 2. The minimum absolute atomic E-state index is 0.00311. The molecular formula is C12H19N3O2S. The fourth-order valence-corrected chi connectivity index (χ4v) is 4.22. The molecule has 0 bridgehead atoms. The van der Waals surface area contributed by atoms with Crippen molar-refractivity contribution in [3.63, 3.8) is 0 Å². The summed E-state index contributed by atoms with van der Waals surface area (Å²) in [4.78, 5) is 3.97. The summed E-state index contributed by atoms with van der Waals surface area (Å²) in [6.07, 6.45) is 3.46. The van der Waals surface area contributed by atoms with Gasteiger partial charge in [0, 0.05) is 18.8 Å². The lowest BCUT2D eigenvalue weighted by Gasteiger charge is -2.36. The summed E-state index contributed by atoms with van der Waals surface area (Å²) in [5, 5.41) is 0. The molecule has 0 spiro atoms. The van der Waals surface area contributed by atoms with E-state index in [2.05, 4.69) is 11.9 Å². The molecule has 1 fully saturated rings. The SMILES string of the molecule is CC1CCCN(S(=O)(=O)c2cccnc2N)C1C. The molecule has 0 saturated carbocycles. The molecule has 1 aromatic rings. The van der Waals surface area contributed by atoms with Crippen molar-refractivity contribution in [3.05, 3.63) is 18.3 Å². The van der Waals surface area contributed by atoms with E-state index in [1.165, 1.54) is 12.3 Å². The van der Waals surface area contributed by atoms with Gasteiger partial charge in [-0.05, 0) is 37.8 Å². The van der Waals surface area contributed by atoms with Gasteiger partial charge in [0.25, 0.3) is 0 Å². The van der Waals surface area contributed by atoms with Crippen LogP contribution in [0.4, 0.5) is 5.82 Å². The van der Waals surface area contributed by atoms with Gasteiger partial charge in [0.2, 0.25) is 10.0 Å². The molecule has 2 unspecified atom stereocenters. The number of hydrogen-bond donors (Lipinski definition) is 1. The topological polar surface area (TPSA) is 76.3 Å². The van der Waals surface area contributed by atoms with Gasteiger partial charge in [-0.1, -0.05) is 6.92 Å². The Balaban J connectivity index is 2.40. The van der Waals surface area contributed by atoms with Gasteiger partial charge in [-0.15, -0.1) is 0 Å². The van der Waals surface area contributed by atoms with Gasteiger partial charge in [0.1, 0.15) is 10.7 Å². The van der Waals surface area contributed by atoms with Crippen molar-refractivity contribution in [2.75, 3.05) is 12.3 Å². The summed E-state index contributed by atoms with van der Waals surface area (Å²) < 4.78 is 26.7. The monoisotopic (exact) mass is 269 g/mol. The zero-order valence-electron chi connectivity index (χ0n) is 10.7. The summed E-state index contributed by atoms with van der Waals surface area (Å²) in [7, 11) is -3.53. The molecule has 1 aromatic heterocycles. The molecule has 18 heavy (non-hydrogen) atoms. The van der Waals surface area contributed by atoms with Crippen molar-refractivity contribution in [2.45, 2.75) is 37.6 Å². The Kier molecular flexibility index (Phi) is 3.59. The summed E-state index contributed by atoms with van der Waals surface area (Å²) in [5.74, 6) is 0.439. The Morgan fingerprint density at radius 3 is 2.83 bits per heavy atom. The highest BCUT2D eigenvalue weighted by Crippen LogP contribution is 2.30. The maximum Gasteiger partial charge on any atom is 0.246 e. The molecule has 2 N–H and O–H groups in total. The molecule has 2 rings (SSSR count). The van der Waals surface area contributed by atoms with Crippen LogP contribution in [-0.4, -0.2) is 30.3 Å². The number of piperidine rings is 1. The van der Waals surface area contributed by atoms with E-state index >= 15 is 0 Å². The molecule has 6 heteroatoms. The van der Waals surface area contributed by atoms with Crippen LogP contribution in [0.25, 0.3) is 0 Å². The first-order valence-electron chi connectivity index (χ1n) is 6.17. The maximum atomic E-state index is 12.6. The largest absolute Gasteiger partial charge is 0.383 e. The van der Waals surface area contributed by atoms with Gasteiger partial charge in [-0.25, -0.2) is 13.4 Å². The van der Waals surface area contributed by atoms with Crippen LogP contribution in [0.2, 0.25) is 0 Å². The normalized spacial score (nSPS) is 26.1. The van der Waals surface area contributed by atoms with Crippen LogP contribution in [-0.2, 0) is 10.0 Å². The number of sulfonamides is 1. The number of pyridine rings is 1. The molecule has 5 nitrogen and oxygen atoms in total. The predicted octanol–water partition coefficient (Wildman–Crippen LogP) is 1.47. The zero-order valence-corrected chi connectivity index (χ0v) is 11.5. The number of hydrogen-bond acceptors (Lipinski definition) is 4. The quantitative estimate of drug-likeness (QED) is 0.882. The van der Waals surface area contributed by atoms with E-state index in [0.717, 1.165) is 12.8 Å². The predicted molar refractivity (Wildman–Crippen MR) is 70.4 cm³/mol. The van der Waals surface area contributed by atoms with Gasteiger partial charge in [-0.2, -0.15) is 4.31 Å². The third-order valence-corrected chi connectivity index (χ3v) is 5.74. The van der Waals surface area contributed by atoms with Crippen molar-refractivity contribution in [1.82, 2.24) is 9.29 Å². The van der Waals surface area contributed by atoms with Gasteiger partial charge >= 0.3 is 0 Å². The average molecular weight is 269 g/mol. The Labute approximate surface area is 108 Å². The van der Waals surface area contributed by atoms with Crippen molar-refractivity contribution < 1.29 is 8.42 Å². The summed E-state index contributed by atoms with van der Waals surface area (Å²) in [5.41, 5.74) is 5.68. The van der Waals surface area contributed by atoms with Crippen molar-refractivity contribution >= 4 is 15.8 Å². The van der Waals surface area contributed by atoms with Crippen molar-refractivity contribution in [1.29, 1.82) is 0 Å². The Hall–Kier alpha value is -1.14. The van der Waals surface area contributed by atoms with Gasteiger partial charge in [-0.3, -0.25) is 0 Å². The molecule has 0 aliphatic carbocycles. The standard InChI is InChI=1S/C12H19N3O2S/c1-9-5-4-8-15(10(9)2)18(16,17)11-6-3-7-14-12(11)13/h3,6-7,9-10H,4-5,8H2,1-2H3,(H2,13,14). The molecule has 0 amide bonds. The first kappa shape index (κ1) is 13.3. The number of nitrogens with two attached hydrogens (primary N) is 1. The molecule has 100 valence electrons. The smallest absolute Gasteiger partial charge is 0.246 e. The highest BCUT2D eigenvalue weighted by molar-refractivity contribution is 7.89. The van der Waals surface area contributed by atoms with E-state index < -0.39 is 10.0 Å². The number of aromatic nitrogens is 1. The van der Waals surface area contributed by atoms with Crippen LogP contribution < -0.4 is 5.73 Å². The highest BCUT2D eigenvalue weighted by atomic mass is 32.2. The lowest BCUT2D eigenvalue weighted by atomic mass is 9.94. The molecule has 1 saturated heterocycles. The van der Waals surface area contributed by atoms with E-state index in [0.29, 0.717) is 12.5 Å². The van der Waals surface area contributed by atoms with Crippen LogP contribution in [0.5, 0.6) is 0 Å². The molecule has 0 aromatic carbocycles.